The van der Waals surface area contributed by atoms with Crippen LogP contribution < -0.4 is 0 Å². The predicted octanol–water partition coefficient (Wildman–Crippen LogP) is 1.89. The summed E-state index contributed by atoms with van der Waals surface area (Å²) in [6, 6.07) is 0. The first kappa shape index (κ1) is 11.8. The summed E-state index contributed by atoms with van der Waals surface area (Å²) in [5.74, 6) is -1.63. The maximum absolute atomic E-state index is 11.4. The van der Waals surface area contributed by atoms with E-state index in [1.165, 1.54) is 13.3 Å². The second-order valence-corrected chi connectivity index (χ2v) is 3.83. The van der Waals surface area contributed by atoms with Gasteiger partial charge in [0.15, 0.2) is 0 Å². The van der Waals surface area contributed by atoms with Crippen LogP contribution in [0.3, 0.4) is 0 Å². The van der Waals surface area contributed by atoms with Crippen molar-refractivity contribution in [2.24, 2.45) is 0 Å². The highest BCUT2D eigenvalue weighted by atomic mass is 16.5. The van der Waals surface area contributed by atoms with E-state index >= 15 is 0 Å². The van der Waals surface area contributed by atoms with Gasteiger partial charge in [0.1, 0.15) is 6.10 Å². The summed E-state index contributed by atoms with van der Waals surface area (Å²) in [4.78, 5) is 21.7. The zero-order valence-corrected chi connectivity index (χ0v) is 8.86. The van der Waals surface area contributed by atoms with Crippen LogP contribution in [0.1, 0.15) is 39.0 Å². The molecule has 1 saturated carbocycles. The summed E-state index contributed by atoms with van der Waals surface area (Å²) in [7, 11) is 0. The van der Waals surface area contributed by atoms with Gasteiger partial charge in [-0.2, -0.15) is 0 Å². The minimum atomic E-state index is -1.12. The maximum Gasteiger partial charge on any atom is 0.334 e. The Hall–Kier alpha value is -1.32. The number of carbonyl (C=O) groups excluding carboxylic acids is 1. The number of carboxylic acids is 1. The largest absolute Gasteiger partial charge is 0.478 e. The topological polar surface area (TPSA) is 63.6 Å². The molecule has 0 radical (unpaired) electrons. The summed E-state index contributed by atoms with van der Waals surface area (Å²) in [5.41, 5.74) is 0.146. The summed E-state index contributed by atoms with van der Waals surface area (Å²) in [6.07, 6.45) is 6.00. The van der Waals surface area contributed by atoms with Gasteiger partial charge in [0.25, 0.3) is 0 Å². The van der Waals surface area contributed by atoms with Gasteiger partial charge in [-0.3, -0.25) is 0 Å². The average Bonchev–Trinajstić information content (AvgIpc) is 2.18. The second kappa shape index (κ2) is 5.53. The van der Waals surface area contributed by atoms with Crippen molar-refractivity contribution in [1.29, 1.82) is 0 Å². The van der Waals surface area contributed by atoms with Crippen molar-refractivity contribution in [3.8, 4) is 0 Å². The Morgan fingerprint density at radius 2 is 1.87 bits per heavy atom. The van der Waals surface area contributed by atoms with Gasteiger partial charge >= 0.3 is 11.9 Å². The molecule has 0 heterocycles. The molecule has 1 aliphatic rings. The van der Waals surface area contributed by atoms with Crippen molar-refractivity contribution in [2.75, 3.05) is 0 Å². The lowest BCUT2D eigenvalue weighted by atomic mass is 9.98. The van der Waals surface area contributed by atoms with Gasteiger partial charge in [-0.25, -0.2) is 9.59 Å². The van der Waals surface area contributed by atoms with Gasteiger partial charge in [0.2, 0.25) is 0 Å². The Labute approximate surface area is 88.9 Å². The van der Waals surface area contributed by atoms with Gasteiger partial charge in [-0.1, -0.05) is 6.42 Å². The van der Waals surface area contributed by atoms with Crippen molar-refractivity contribution in [1.82, 2.24) is 0 Å². The van der Waals surface area contributed by atoms with E-state index in [-0.39, 0.29) is 11.7 Å². The fourth-order valence-corrected chi connectivity index (χ4v) is 1.67. The Morgan fingerprint density at radius 1 is 1.27 bits per heavy atom. The third-order valence-corrected chi connectivity index (χ3v) is 2.49. The quantitative estimate of drug-likeness (QED) is 0.573. The van der Waals surface area contributed by atoms with Crippen molar-refractivity contribution >= 4 is 11.9 Å². The molecule has 4 nitrogen and oxygen atoms in total. The Kier molecular flexibility index (Phi) is 4.34. The third-order valence-electron chi connectivity index (χ3n) is 2.49. The van der Waals surface area contributed by atoms with Crippen LogP contribution >= 0.6 is 0 Å². The first-order valence-electron chi connectivity index (χ1n) is 5.22. The van der Waals surface area contributed by atoms with E-state index in [9.17, 15) is 9.59 Å². The first-order chi connectivity index (χ1) is 7.09. The smallest absolute Gasteiger partial charge is 0.334 e. The number of esters is 1. The molecule has 0 aromatic carbocycles. The number of hydrogen-bond acceptors (Lipinski definition) is 3. The van der Waals surface area contributed by atoms with Crippen LogP contribution in [-0.2, 0) is 14.3 Å². The van der Waals surface area contributed by atoms with Crippen LogP contribution in [0, 0.1) is 0 Å². The van der Waals surface area contributed by atoms with E-state index in [1.54, 1.807) is 0 Å². The lowest BCUT2D eigenvalue weighted by Gasteiger charge is -2.21. The minimum absolute atomic E-state index is 0.0246. The van der Waals surface area contributed by atoms with Crippen molar-refractivity contribution in [3.05, 3.63) is 11.6 Å². The molecule has 0 bridgehead atoms. The molecule has 1 fully saturated rings. The molecule has 0 atom stereocenters. The second-order valence-electron chi connectivity index (χ2n) is 3.83. The molecule has 0 spiro atoms. The molecule has 1 N–H and O–H groups in total. The van der Waals surface area contributed by atoms with Crippen molar-refractivity contribution < 1.29 is 19.4 Å². The Bertz CT molecular complexity index is 274. The number of rotatable bonds is 3. The summed E-state index contributed by atoms with van der Waals surface area (Å²) in [6.45, 7) is 1.46. The summed E-state index contributed by atoms with van der Waals surface area (Å²) >= 11 is 0. The monoisotopic (exact) mass is 212 g/mol. The number of ether oxygens (including phenoxy) is 1. The molecule has 0 aliphatic heterocycles. The van der Waals surface area contributed by atoms with E-state index < -0.39 is 11.9 Å². The summed E-state index contributed by atoms with van der Waals surface area (Å²) in [5, 5.41) is 8.45. The average molecular weight is 212 g/mol. The van der Waals surface area contributed by atoms with Gasteiger partial charge in [0.05, 0.1) is 0 Å². The molecule has 4 heteroatoms. The fraction of sp³-hybridized carbons (Fsp3) is 0.636. The van der Waals surface area contributed by atoms with Crippen LogP contribution in [-0.4, -0.2) is 23.1 Å². The number of carbonyl (C=O) groups is 2. The van der Waals surface area contributed by atoms with Crippen LogP contribution in [0.15, 0.2) is 11.6 Å². The van der Waals surface area contributed by atoms with E-state index in [1.807, 2.05) is 0 Å². The minimum Gasteiger partial charge on any atom is -0.478 e. The SMILES string of the molecule is C/C(=C/C(=O)O)C(=O)OC1CCCCC1. The fourth-order valence-electron chi connectivity index (χ4n) is 1.67. The molecule has 1 aliphatic carbocycles. The Balaban J connectivity index is 2.43. The van der Waals surface area contributed by atoms with E-state index in [4.69, 9.17) is 9.84 Å². The van der Waals surface area contributed by atoms with Crippen LogP contribution in [0.25, 0.3) is 0 Å². The van der Waals surface area contributed by atoms with E-state index in [0.29, 0.717) is 0 Å². The highest BCUT2D eigenvalue weighted by Gasteiger charge is 2.18. The normalized spacial score (nSPS) is 18.6. The molecule has 15 heavy (non-hydrogen) atoms. The third kappa shape index (κ3) is 4.14. The van der Waals surface area contributed by atoms with Crippen molar-refractivity contribution in [2.45, 2.75) is 45.1 Å². The van der Waals surface area contributed by atoms with Crippen LogP contribution in [0.4, 0.5) is 0 Å². The lowest BCUT2D eigenvalue weighted by molar-refractivity contribution is -0.146. The number of hydrogen-bond donors (Lipinski definition) is 1. The molecule has 0 unspecified atom stereocenters. The van der Waals surface area contributed by atoms with Gasteiger partial charge in [0, 0.05) is 11.6 Å². The summed E-state index contributed by atoms with van der Waals surface area (Å²) < 4.78 is 5.18. The molecule has 0 aromatic heterocycles. The van der Waals surface area contributed by atoms with Gasteiger partial charge < -0.3 is 9.84 Å². The first-order valence-corrected chi connectivity index (χ1v) is 5.22. The molecule has 0 saturated heterocycles. The van der Waals surface area contributed by atoms with E-state index in [2.05, 4.69) is 0 Å². The number of aliphatic carboxylic acids is 1. The molecular weight excluding hydrogens is 196 g/mol. The highest BCUT2D eigenvalue weighted by molar-refractivity contribution is 5.95. The van der Waals surface area contributed by atoms with Gasteiger partial charge in [-0.05, 0) is 32.6 Å². The maximum atomic E-state index is 11.4. The highest BCUT2D eigenvalue weighted by Crippen LogP contribution is 2.21. The molecule has 84 valence electrons. The van der Waals surface area contributed by atoms with Crippen molar-refractivity contribution in [3.63, 3.8) is 0 Å². The molecule has 0 aromatic rings. The zero-order valence-electron chi connectivity index (χ0n) is 8.86. The zero-order chi connectivity index (χ0) is 11.3. The Morgan fingerprint density at radius 3 is 2.40 bits per heavy atom. The van der Waals surface area contributed by atoms with E-state index in [0.717, 1.165) is 31.8 Å². The lowest BCUT2D eigenvalue weighted by Crippen LogP contribution is -2.21. The molecule has 1 rings (SSSR count). The standard InChI is InChI=1S/C11H16O4/c1-8(7-10(12)13)11(14)15-9-5-3-2-4-6-9/h7,9H,2-6H2,1H3,(H,12,13)/b8-7-. The molecular formula is C11H16O4. The van der Waals surface area contributed by atoms with Crippen LogP contribution in [0.5, 0.6) is 0 Å². The number of carboxylic acid groups (broad SMARTS) is 1. The molecule has 0 amide bonds. The predicted molar refractivity (Wildman–Crippen MR) is 54.4 cm³/mol. The van der Waals surface area contributed by atoms with Gasteiger partial charge in [-0.15, -0.1) is 0 Å². The van der Waals surface area contributed by atoms with Crippen LogP contribution in [0.2, 0.25) is 0 Å².